The Hall–Kier alpha value is 0.137. The zero-order valence-electron chi connectivity index (χ0n) is 13.8. The van der Waals surface area contributed by atoms with E-state index in [9.17, 15) is 0 Å². The van der Waals surface area contributed by atoms with Gasteiger partial charge in [-0.1, -0.05) is 39.0 Å². The van der Waals surface area contributed by atoms with Crippen LogP contribution in [0.1, 0.15) is 78.6 Å². The molecule has 118 valence electrons. The molecule has 0 aromatic carbocycles. The van der Waals surface area contributed by atoms with Crippen molar-refractivity contribution in [2.45, 2.75) is 89.6 Å². The molecule has 0 bridgehead atoms. The average molecular weight is 299 g/mol. The van der Waals surface area contributed by atoms with E-state index < -0.39 is 8.56 Å². The number of hydrogen-bond donors (Lipinski definition) is 0. The van der Waals surface area contributed by atoms with Gasteiger partial charge in [-0.25, -0.2) is 0 Å². The van der Waals surface area contributed by atoms with Crippen molar-refractivity contribution in [1.82, 2.24) is 0 Å². The second kappa shape index (κ2) is 7.95. The first-order chi connectivity index (χ1) is 9.73. The maximum atomic E-state index is 6.51. The standard InChI is InChI=1S/C17H34O2Si/c1-4-18-20(19-5-2,16-11-7-6-8-12-16)17-13-9-10-15(3)14-17/h15-17H,4-14H2,1-3H3. The molecular formula is C17H34O2Si. The zero-order valence-corrected chi connectivity index (χ0v) is 14.8. The van der Waals surface area contributed by atoms with Crippen LogP contribution < -0.4 is 0 Å². The van der Waals surface area contributed by atoms with Crippen molar-refractivity contribution >= 4 is 8.56 Å². The molecule has 2 rings (SSSR count). The summed E-state index contributed by atoms with van der Waals surface area (Å²) in [6.07, 6.45) is 12.4. The third-order valence-electron chi connectivity index (χ3n) is 5.42. The van der Waals surface area contributed by atoms with Crippen molar-refractivity contribution in [2.24, 2.45) is 5.92 Å². The Kier molecular flexibility index (Phi) is 6.56. The summed E-state index contributed by atoms with van der Waals surface area (Å²) >= 11 is 0. The largest absolute Gasteiger partial charge is 0.394 e. The molecule has 0 spiro atoms. The van der Waals surface area contributed by atoms with E-state index in [-0.39, 0.29) is 0 Å². The van der Waals surface area contributed by atoms with E-state index in [2.05, 4.69) is 20.8 Å². The topological polar surface area (TPSA) is 18.5 Å². The molecule has 2 saturated carbocycles. The number of rotatable bonds is 6. The Morgan fingerprint density at radius 1 is 0.800 bits per heavy atom. The second-order valence-electron chi connectivity index (χ2n) is 6.89. The van der Waals surface area contributed by atoms with Crippen LogP contribution in [0.2, 0.25) is 11.1 Å². The quantitative estimate of drug-likeness (QED) is 0.610. The highest BCUT2D eigenvalue weighted by Crippen LogP contribution is 2.50. The molecule has 20 heavy (non-hydrogen) atoms. The fourth-order valence-corrected chi connectivity index (χ4v) is 9.75. The van der Waals surface area contributed by atoms with Gasteiger partial charge in [0.25, 0.3) is 0 Å². The van der Waals surface area contributed by atoms with Gasteiger partial charge in [0.15, 0.2) is 0 Å². The van der Waals surface area contributed by atoms with E-state index in [0.29, 0.717) is 0 Å². The van der Waals surface area contributed by atoms with Gasteiger partial charge in [0.2, 0.25) is 0 Å². The first-order valence-electron chi connectivity index (χ1n) is 9.00. The SMILES string of the molecule is CCO[Si](OCC)(C1CCCCC1)C1CCCC(C)C1. The molecular weight excluding hydrogens is 264 g/mol. The van der Waals surface area contributed by atoms with Gasteiger partial charge in [0.1, 0.15) is 0 Å². The summed E-state index contributed by atoms with van der Waals surface area (Å²) in [5.41, 5.74) is 1.50. The summed E-state index contributed by atoms with van der Waals surface area (Å²) < 4.78 is 13.0. The Morgan fingerprint density at radius 2 is 1.40 bits per heavy atom. The van der Waals surface area contributed by atoms with Gasteiger partial charge in [-0.2, -0.15) is 0 Å². The van der Waals surface area contributed by atoms with Crippen LogP contribution in [0.5, 0.6) is 0 Å². The normalized spacial score (nSPS) is 29.6. The third-order valence-corrected chi connectivity index (χ3v) is 10.3. The monoisotopic (exact) mass is 298 g/mol. The highest BCUT2D eigenvalue weighted by Gasteiger charge is 2.52. The Bertz CT molecular complexity index is 270. The van der Waals surface area contributed by atoms with Crippen LogP contribution in [0.15, 0.2) is 0 Å². The Labute approximate surface area is 126 Å². The zero-order chi connectivity index (χ0) is 14.4. The van der Waals surface area contributed by atoms with Gasteiger partial charge in [-0.3, -0.25) is 0 Å². The van der Waals surface area contributed by atoms with Gasteiger partial charge >= 0.3 is 8.56 Å². The van der Waals surface area contributed by atoms with Crippen molar-refractivity contribution in [3.05, 3.63) is 0 Å². The minimum Gasteiger partial charge on any atom is -0.394 e. The molecule has 3 heteroatoms. The summed E-state index contributed by atoms with van der Waals surface area (Å²) in [5.74, 6) is 0.866. The van der Waals surface area contributed by atoms with E-state index >= 15 is 0 Å². The van der Waals surface area contributed by atoms with Gasteiger partial charge in [-0.05, 0) is 45.4 Å². The molecule has 2 atom stereocenters. The van der Waals surface area contributed by atoms with Crippen molar-refractivity contribution < 1.29 is 8.85 Å². The molecule has 2 nitrogen and oxygen atoms in total. The van der Waals surface area contributed by atoms with Crippen LogP contribution >= 0.6 is 0 Å². The van der Waals surface area contributed by atoms with Crippen LogP contribution in [0.25, 0.3) is 0 Å². The highest BCUT2D eigenvalue weighted by molar-refractivity contribution is 6.70. The van der Waals surface area contributed by atoms with Crippen LogP contribution in [-0.2, 0) is 8.85 Å². The molecule has 0 amide bonds. The lowest BCUT2D eigenvalue weighted by molar-refractivity contribution is 0.141. The minimum atomic E-state index is -2.04. The highest BCUT2D eigenvalue weighted by atomic mass is 28.4. The third kappa shape index (κ3) is 3.66. The van der Waals surface area contributed by atoms with Crippen molar-refractivity contribution in [2.75, 3.05) is 13.2 Å². The lowest BCUT2D eigenvalue weighted by Gasteiger charge is -2.46. The lowest BCUT2D eigenvalue weighted by Crippen LogP contribution is -2.53. The second-order valence-corrected chi connectivity index (χ2v) is 10.5. The summed E-state index contributed by atoms with van der Waals surface area (Å²) in [6, 6.07) is 0. The van der Waals surface area contributed by atoms with Crippen molar-refractivity contribution in [3.8, 4) is 0 Å². The lowest BCUT2D eigenvalue weighted by atomic mass is 9.90. The van der Waals surface area contributed by atoms with E-state index in [1.165, 1.54) is 57.8 Å². The first kappa shape index (κ1) is 16.5. The first-order valence-corrected chi connectivity index (χ1v) is 11.0. The molecule has 0 heterocycles. The van der Waals surface area contributed by atoms with Crippen LogP contribution in [0.4, 0.5) is 0 Å². The molecule has 2 unspecified atom stereocenters. The fourth-order valence-electron chi connectivity index (χ4n) is 4.60. The summed E-state index contributed by atoms with van der Waals surface area (Å²) in [4.78, 5) is 0. The van der Waals surface area contributed by atoms with Crippen molar-refractivity contribution in [1.29, 1.82) is 0 Å². The summed E-state index contributed by atoms with van der Waals surface area (Å²) in [6.45, 7) is 8.43. The molecule has 0 aromatic heterocycles. The maximum absolute atomic E-state index is 6.51. The molecule has 2 aliphatic rings. The van der Waals surface area contributed by atoms with Crippen LogP contribution in [0.3, 0.4) is 0 Å². The van der Waals surface area contributed by atoms with Crippen molar-refractivity contribution in [3.63, 3.8) is 0 Å². The summed E-state index contributed by atoms with van der Waals surface area (Å²) in [7, 11) is -2.04. The summed E-state index contributed by atoms with van der Waals surface area (Å²) in [5, 5.41) is 0. The van der Waals surface area contributed by atoms with E-state index in [1.54, 1.807) is 0 Å². The van der Waals surface area contributed by atoms with Gasteiger partial charge in [0, 0.05) is 24.3 Å². The molecule has 0 radical (unpaired) electrons. The minimum absolute atomic E-state index is 0.745. The van der Waals surface area contributed by atoms with Crippen LogP contribution in [0, 0.1) is 5.92 Å². The van der Waals surface area contributed by atoms with Crippen LogP contribution in [-0.4, -0.2) is 21.8 Å². The van der Waals surface area contributed by atoms with Gasteiger partial charge in [0.05, 0.1) is 0 Å². The number of hydrogen-bond acceptors (Lipinski definition) is 2. The Balaban J connectivity index is 2.19. The maximum Gasteiger partial charge on any atom is 0.344 e. The predicted octanol–water partition coefficient (Wildman–Crippen LogP) is 5.42. The smallest absolute Gasteiger partial charge is 0.344 e. The van der Waals surface area contributed by atoms with Gasteiger partial charge in [-0.15, -0.1) is 0 Å². The molecule has 0 N–H and O–H groups in total. The molecule has 0 aliphatic heterocycles. The fraction of sp³-hybridized carbons (Fsp3) is 1.00. The van der Waals surface area contributed by atoms with E-state index in [0.717, 1.165) is 30.2 Å². The molecule has 2 fully saturated rings. The van der Waals surface area contributed by atoms with E-state index in [4.69, 9.17) is 8.85 Å². The molecule has 0 aromatic rings. The molecule has 0 saturated heterocycles. The van der Waals surface area contributed by atoms with Gasteiger partial charge < -0.3 is 8.85 Å². The predicted molar refractivity (Wildman–Crippen MR) is 87.2 cm³/mol. The van der Waals surface area contributed by atoms with E-state index in [1.807, 2.05) is 0 Å². The average Bonchev–Trinajstić information content (AvgIpc) is 2.48. The Morgan fingerprint density at radius 3 is 1.95 bits per heavy atom. The molecule has 2 aliphatic carbocycles.